The predicted molar refractivity (Wildman–Crippen MR) is 59.9 cm³/mol. The highest BCUT2D eigenvalue weighted by Gasteiger charge is 2.14. The number of alkyl halides is 1. The molecule has 0 fully saturated rings. The minimum Gasteiger partial charge on any atom is -0.508 e. The van der Waals surface area contributed by atoms with Crippen LogP contribution in [0.25, 0.3) is 0 Å². The number of aromatic hydroxyl groups is 1. The lowest BCUT2D eigenvalue weighted by atomic mass is 10.2. The van der Waals surface area contributed by atoms with Gasteiger partial charge in [-0.15, -0.1) is 11.6 Å². The van der Waals surface area contributed by atoms with E-state index in [4.69, 9.17) is 16.7 Å². The summed E-state index contributed by atoms with van der Waals surface area (Å²) in [5.74, 6) is 0.114. The van der Waals surface area contributed by atoms with Gasteiger partial charge in [0.15, 0.2) is 0 Å². The number of rotatable bonds is 3. The molecule has 0 heterocycles. The second kappa shape index (κ2) is 5.03. The Kier molecular flexibility index (Phi) is 3.97. The zero-order valence-electron chi connectivity index (χ0n) is 8.77. The highest BCUT2D eigenvalue weighted by molar-refractivity contribution is 6.30. The summed E-state index contributed by atoms with van der Waals surface area (Å²) in [4.78, 5) is 13.0. The van der Waals surface area contributed by atoms with Crippen LogP contribution in [0, 0.1) is 0 Å². The monoisotopic (exact) mass is 227 g/mol. The molecule has 82 valence electrons. The third-order valence-electron chi connectivity index (χ3n) is 2.07. The molecule has 0 aliphatic heterocycles. The molecule has 1 rings (SSSR count). The first-order valence-electron chi connectivity index (χ1n) is 4.67. The van der Waals surface area contributed by atoms with Gasteiger partial charge >= 0.3 is 0 Å². The number of carbonyl (C=O) groups is 1. The molecule has 0 aliphatic rings. The Morgan fingerprint density at radius 1 is 1.47 bits per heavy atom. The maximum atomic E-state index is 11.5. The van der Waals surface area contributed by atoms with Crippen LogP contribution in [0.3, 0.4) is 0 Å². The Morgan fingerprint density at radius 3 is 2.47 bits per heavy atom. The van der Waals surface area contributed by atoms with Crippen LogP contribution in [0.4, 0.5) is 0 Å². The van der Waals surface area contributed by atoms with Gasteiger partial charge in [0.2, 0.25) is 5.91 Å². The number of amides is 1. The highest BCUT2D eigenvalue weighted by atomic mass is 35.5. The van der Waals surface area contributed by atoms with Crippen molar-refractivity contribution in [2.24, 2.45) is 0 Å². The van der Waals surface area contributed by atoms with Crippen molar-refractivity contribution in [1.29, 1.82) is 0 Å². The number of phenolic OH excluding ortho intramolecular Hbond substituents is 1. The molecular formula is C11H14ClNO2. The first-order valence-corrected chi connectivity index (χ1v) is 5.11. The number of benzene rings is 1. The van der Waals surface area contributed by atoms with E-state index in [-0.39, 0.29) is 11.7 Å². The maximum absolute atomic E-state index is 11.5. The van der Waals surface area contributed by atoms with Gasteiger partial charge in [-0.25, -0.2) is 0 Å². The third-order valence-corrected chi connectivity index (χ3v) is 2.26. The molecule has 0 saturated carbocycles. The second-order valence-corrected chi connectivity index (χ2v) is 4.13. The zero-order valence-corrected chi connectivity index (χ0v) is 9.53. The van der Waals surface area contributed by atoms with Crippen LogP contribution in [-0.2, 0) is 11.3 Å². The Balaban J connectivity index is 2.62. The van der Waals surface area contributed by atoms with Gasteiger partial charge < -0.3 is 10.0 Å². The topological polar surface area (TPSA) is 40.5 Å². The Labute approximate surface area is 94.3 Å². The number of carbonyl (C=O) groups excluding carboxylic acids is 1. The van der Waals surface area contributed by atoms with Gasteiger partial charge in [0.1, 0.15) is 11.1 Å². The summed E-state index contributed by atoms with van der Waals surface area (Å²) in [6, 6.07) is 6.74. The van der Waals surface area contributed by atoms with E-state index < -0.39 is 5.38 Å². The van der Waals surface area contributed by atoms with E-state index in [0.717, 1.165) is 5.56 Å². The SMILES string of the molecule is CC(Cl)C(=O)N(C)Cc1ccc(O)cc1. The van der Waals surface area contributed by atoms with Crippen LogP contribution in [0.15, 0.2) is 24.3 Å². The normalized spacial score (nSPS) is 12.2. The summed E-state index contributed by atoms with van der Waals surface area (Å²) >= 11 is 5.68. The average molecular weight is 228 g/mol. The molecule has 0 aromatic heterocycles. The van der Waals surface area contributed by atoms with Crippen molar-refractivity contribution in [3.8, 4) is 5.75 Å². The van der Waals surface area contributed by atoms with Crippen LogP contribution in [-0.4, -0.2) is 28.3 Å². The van der Waals surface area contributed by atoms with E-state index in [9.17, 15) is 4.79 Å². The molecule has 0 bridgehead atoms. The maximum Gasteiger partial charge on any atom is 0.240 e. The summed E-state index contributed by atoms with van der Waals surface area (Å²) in [5, 5.41) is 8.58. The fourth-order valence-corrected chi connectivity index (χ4v) is 1.42. The molecule has 0 spiro atoms. The summed E-state index contributed by atoms with van der Waals surface area (Å²) < 4.78 is 0. The van der Waals surface area contributed by atoms with Gasteiger partial charge in [-0.3, -0.25) is 4.79 Å². The van der Waals surface area contributed by atoms with Gasteiger partial charge in [-0.05, 0) is 24.6 Å². The number of hydrogen-bond acceptors (Lipinski definition) is 2. The summed E-state index contributed by atoms with van der Waals surface area (Å²) in [6.07, 6.45) is 0. The van der Waals surface area contributed by atoms with Crippen molar-refractivity contribution in [1.82, 2.24) is 4.90 Å². The van der Waals surface area contributed by atoms with Crippen LogP contribution >= 0.6 is 11.6 Å². The lowest BCUT2D eigenvalue weighted by Crippen LogP contribution is -2.31. The first kappa shape index (κ1) is 11.9. The van der Waals surface area contributed by atoms with Crippen LogP contribution < -0.4 is 0 Å². The van der Waals surface area contributed by atoms with Crippen molar-refractivity contribution < 1.29 is 9.90 Å². The number of nitrogens with zero attached hydrogens (tertiary/aromatic N) is 1. The lowest BCUT2D eigenvalue weighted by Gasteiger charge is -2.18. The molecule has 0 aliphatic carbocycles. The van der Waals surface area contributed by atoms with Gasteiger partial charge in [0.25, 0.3) is 0 Å². The van der Waals surface area contributed by atoms with Crippen LogP contribution in [0.1, 0.15) is 12.5 Å². The zero-order chi connectivity index (χ0) is 11.4. The predicted octanol–water partition coefficient (Wildman–Crippen LogP) is 1.98. The highest BCUT2D eigenvalue weighted by Crippen LogP contribution is 2.12. The standard InChI is InChI=1S/C11H14ClNO2/c1-8(12)11(15)13(2)7-9-3-5-10(14)6-4-9/h3-6,8,14H,7H2,1-2H3. The molecule has 1 aromatic carbocycles. The number of hydrogen-bond donors (Lipinski definition) is 1. The lowest BCUT2D eigenvalue weighted by molar-refractivity contribution is -0.129. The van der Waals surface area contributed by atoms with E-state index >= 15 is 0 Å². The summed E-state index contributed by atoms with van der Waals surface area (Å²) in [5.41, 5.74) is 0.959. The molecule has 1 amide bonds. The first-order chi connectivity index (χ1) is 7.00. The van der Waals surface area contributed by atoms with Gasteiger partial charge in [0.05, 0.1) is 0 Å². The van der Waals surface area contributed by atoms with Crippen molar-refractivity contribution >= 4 is 17.5 Å². The number of phenols is 1. The molecule has 0 saturated heterocycles. The second-order valence-electron chi connectivity index (χ2n) is 3.48. The molecule has 1 aromatic rings. The smallest absolute Gasteiger partial charge is 0.240 e. The Bertz CT molecular complexity index is 335. The Morgan fingerprint density at radius 2 is 2.00 bits per heavy atom. The molecular weight excluding hydrogens is 214 g/mol. The average Bonchev–Trinajstić information content (AvgIpc) is 2.20. The van der Waals surface area contributed by atoms with Gasteiger partial charge in [-0.2, -0.15) is 0 Å². The van der Waals surface area contributed by atoms with Crippen LogP contribution in [0.5, 0.6) is 5.75 Å². The van der Waals surface area contributed by atoms with E-state index in [1.165, 1.54) is 0 Å². The Hall–Kier alpha value is -1.22. The van der Waals surface area contributed by atoms with E-state index in [1.807, 2.05) is 0 Å². The minimum atomic E-state index is -0.507. The quantitative estimate of drug-likeness (QED) is 0.803. The molecule has 0 radical (unpaired) electrons. The molecule has 3 nitrogen and oxygen atoms in total. The molecule has 1 unspecified atom stereocenters. The van der Waals surface area contributed by atoms with Crippen molar-refractivity contribution in [2.75, 3.05) is 7.05 Å². The molecule has 4 heteroatoms. The number of halogens is 1. The van der Waals surface area contributed by atoms with Crippen molar-refractivity contribution in [2.45, 2.75) is 18.8 Å². The summed E-state index contributed by atoms with van der Waals surface area (Å²) in [7, 11) is 1.70. The fourth-order valence-electron chi connectivity index (χ4n) is 1.26. The third kappa shape index (κ3) is 3.44. The van der Waals surface area contributed by atoms with Crippen molar-refractivity contribution in [3.05, 3.63) is 29.8 Å². The van der Waals surface area contributed by atoms with Gasteiger partial charge in [-0.1, -0.05) is 12.1 Å². The van der Waals surface area contributed by atoms with Crippen molar-refractivity contribution in [3.63, 3.8) is 0 Å². The summed E-state index contributed by atoms with van der Waals surface area (Å²) in [6.45, 7) is 2.15. The molecule has 1 atom stereocenters. The minimum absolute atomic E-state index is 0.107. The molecule has 15 heavy (non-hydrogen) atoms. The van der Waals surface area contributed by atoms with E-state index in [0.29, 0.717) is 6.54 Å². The fraction of sp³-hybridized carbons (Fsp3) is 0.364. The van der Waals surface area contributed by atoms with E-state index in [2.05, 4.69) is 0 Å². The van der Waals surface area contributed by atoms with Crippen LogP contribution in [0.2, 0.25) is 0 Å². The molecule has 1 N–H and O–H groups in total. The largest absolute Gasteiger partial charge is 0.508 e. The van der Waals surface area contributed by atoms with E-state index in [1.54, 1.807) is 43.1 Å². The van der Waals surface area contributed by atoms with Gasteiger partial charge in [0, 0.05) is 13.6 Å².